The molecule has 2 aliphatic heterocycles. The summed E-state index contributed by atoms with van der Waals surface area (Å²) in [6.07, 6.45) is 9.04. The van der Waals surface area contributed by atoms with E-state index in [0.717, 1.165) is 38.8 Å². The molecular formula is C18H32N2O3. The first-order valence-electron chi connectivity index (χ1n) is 9.26. The van der Waals surface area contributed by atoms with Gasteiger partial charge >= 0.3 is 0 Å². The van der Waals surface area contributed by atoms with Crippen molar-refractivity contribution in [3.8, 4) is 0 Å². The van der Waals surface area contributed by atoms with Gasteiger partial charge in [-0.15, -0.1) is 0 Å². The molecule has 2 aliphatic rings. The first kappa shape index (κ1) is 18.2. The minimum atomic E-state index is 0.0242. The van der Waals surface area contributed by atoms with E-state index in [0.29, 0.717) is 0 Å². The Balaban J connectivity index is 1.74. The Morgan fingerprint density at radius 2 is 1.22 bits per heavy atom. The zero-order chi connectivity index (χ0) is 16.7. The molecule has 0 saturated carbocycles. The molecule has 0 radical (unpaired) electrons. The van der Waals surface area contributed by atoms with Crippen molar-refractivity contribution in [1.82, 2.24) is 9.80 Å². The fraction of sp³-hybridized carbons (Fsp3) is 0.889. The van der Waals surface area contributed by atoms with Gasteiger partial charge in [-0.3, -0.25) is 9.59 Å². The number of hydrogen-bond donors (Lipinski definition) is 0. The van der Waals surface area contributed by atoms with Crippen molar-refractivity contribution in [3.05, 3.63) is 0 Å². The minimum Gasteiger partial charge on any atom is -0.362 e. The largest absolute Gasteiger partial charge is 0.362 e. The predicted molar refractivity (Wildman–Crippen MR) is 90.1 cm³/mol. The Labute approximate surface area is 140 Å². The summed E-state index contributed by atoms with van der Waals surface area (Å²) in [6, 6.07) is 0.574. The van der Waals surface area contributed by atoms with E-state index in [9.17, 15) is 9.59 Å². The van der Waals surface area contributed by atoms with E-state index in [1.807, 2.05) is 9.80 Å². The molecule has 0 N–H and O–H groups in total. The van der Waals surface area contributed by atoms with Crippen LogP contribution >= 0.6 is 0 Å². The topological polar surface area (TPSA) is 49.9 Å². The molecule has 5 nitrogen and oxygen atoms in total. The highest BCUT2D eigenvalue weighted by Gasteiger charge is 2.24. The van der Waals surface area contributed by atoms with Crippen LogP contribution in [0.5, 0.6) is 0 Å². The summed E-state index contributed by atoms with van der Waals surface area (Å²) >= 11 is 0. The second kappa shape index (κ2) is 9.26. The van der Waals surface area contributed by atoms with Crippen LogP contribution in [0.4, 0.5) is 0 Å². The molecule has 2 saturated heterocycles. The van der Waals surface area contributed by atoms with E-state index in [2.05, 4.69) is 13.8 Å². The van der Waals surface area contributed by atoms with Crippen molar-refractivity contribution in [2.24, 2.45) is 0 Å². The molecule has 0 aromatic rings. The molecule has 23 heavy (non-hydrogen) atoms. The van der Waals surface area contributed by atoms with E-state index in [-0.39, 0.29) is 37.1 Å². The maximum absolute atomic E-state index is 12.3. The van der Waals surface area contributed by atoms with Gasteiger partial charge < -0.3 is 14.5 Å². The van der Waals surface area contributed by atoms with E-state index < -0.39 is 0 Å². The molecule has 0 aliphatic carbocycles. The Hall–Kier alpha value is -1.10. The normalized spacial score (nSPS) is 26.5. The SMILES string of the molecule is C[C@@H]1CCCCCN1C(=O)COCC(=O)N1CCCCC[C@@H]1C. The lowest BCUT2D eigenvalue weighted by molar-refractivity contribution is -0.144. The summed E-state index contributed by atoms with van der Waals surface area (Å²) < 4.78 is 5.46. The fourth-order valence-electron chi connectivity index (χ4n) is 3.68. The molecule has 2 fully saturated rings. The fourth-order valence-corrected chi connectivity index (χ4v) is 3.68. The van der Waals surface area contributed by atoms with Crippen molar-refractivity contribution in [3.63, 3.8) is 0 Å². The van der Waals surface area contributed by atoms with Crippen LogP contribution in [0, 0.1) is 0 Å². The van der Waals surface area contributed by atoms with Gasteiger partial charge in [0.1, 0.15) is 13.2 Å². The molecule has 0 bridgehead atoms. The Bertz CT molecular complexity index is 364. The lowest BCUT2D eigenvalue weighted by atomic mass is 10.1. The number of carbonyl (C=O) groups excluding carboxylic acids is 2. The van der Waals surface area contributed by atoms with Crippen molar-refractivity contribution in [1.29, 1.82) is 0 Å². The predicted octanol–water partition coefficient (Wildman–Crippen LogP) is 2.59. The van der Waals surface area contributed by atoms with E-state index >= 15 is 0 Å². The van der Waals surface area contributed by atoms with Crippen molar-refractivity contribution in [2.45, 2.75) is 77.3 Å². The molecule has 2 heterocycles. The van der Waals surface area contributed by atoms with Gasteiger partial charge in [-0.25, -0.2) is 0 Å². The maximum Gasteiger partial charge on any atom is 0.248 e. The van der Waals surface area contributed by atoms with Gasteiger partial charge in [0.25, 0.3) is 0 Å². The van der Waals surface area contributed by atoms with Gasteiger partial charge in [-0.2, -0.15) is 0 Å². The molecule has 0 spiro atoms. The van der Waals surface area contributed by atoms with Crippen LogP contribution in [0.1, 0.15) is 65.2 Å². The monoisotopic (exact) mass is 324 g/mol. The first-order valence-corrected chi connectivity index (χ1v) is 9.26. The molecule has 132 valence electrons. The van der Waals surface area contributed by atoms with Gasteiger partial charge in [0.05, 0.1) is 0 Å². The number of carbonyl (C=O) groups is 2. The Kier molecular flexibility index (Phi) is 7.34. The molecule has 2 amide bonds. The van der Waals surface area contributed by atoms with Crippen LogP contribution in [-0.4, -0.2) is 60.0 Å². The smallest absolute Gasteiger partial charge is 0.248 e. The van der Waals surface area contributed by atoms with E-state index in [1.165, 1.54) is 25.7 Å². The zero-order valence-corrected chi connectivity index (χ0v) is 14.8. The molecular weight excluding hydrogens is 292 g/mol. The van der Waals surface area contributed by atoms with E-state index in [1.54, 1.807) is 0 Å². The van der Waals surface area contributed by atoms with Crippen molar-refractivity contribution >= 4 is 11.8 Å². The Morgan fingerprint density at radius 1 is 0.783 bits per heavy atom. The van der Waals surface area contributed by atoms with E-state index in [4.69, 9.17) is 4.74 Å². The lowest BCUT2D eigenvalue weighted by Gasteiger charge is -2.28. The second-order valence-corrected chi connectivity index (χ2v) is 7.06. The van der Waals surface area contributed by atoms with Crippen LogP contribution < -0.4 is 0 Å². The van der Waals surface area contributed by atoms with Crippen LogP contribution in [0.2, 0.25) is 0 Å². The lowest BCUT2D eigenvalue weighted by Crippen LogP contribution is -2.43. The van der Waals surface area contributed by atoms with Crippen LogP contribution in [0.3, 0.4) is 0 Å². The van der Waals surface area contributed by atoms with Gasteiger partial charge in [-0.1, -0.05) is 25.7 Å². The number of hydrogen-bond acceptors (Lipinski definition) is 3. The van der Waals surface area contributed by atoms with Crippen LogP contribution in [-0.2, 0) is 14.3 Å². The molecule has 2 atom stereocenters. The number of likely N-dealkylation sites (tertiary alicyclic amines) is 2. The van der Waals surface area contributed by atoms with Gasteiger partial charge in [0.15, 0.2) is 0 Å². The van der Waals surface area contributed by atoms with Crippen molar-refractivity contribution < 1.29 is 14.3 Å². The van der Waals surface area contributed by atoms with Gasteiger partial charge in [0, 0.05) is 25.2 Å². The number of nitrogens with zero attached hydrogens (tertiary/aromatic N) is 2. The van der Waals surface area contributed by atoms with Gasteiger partial charge in [-0.05, 0) is 39.5 Å². The third-order valence-corrected chi connectivity index (χ3v) is 5.20. The molecule has 0 unspecified atom stereocenters. The zero-order valence-electron chi connectivity index (χ0n) is 14.8. The number of rotatable bonds is 4. The third-order valence-electron chi connectivity index (χ3n) is 5.20. The number of amides is 2. The quantitative estimate of drug-likeness (QED) is 0.798. The Morgan fingerprint density at radius 3 is 1.65 bits per heavy atom. The highest BCUT2D eigenvalue weighted by Crippen LogP contribution is 2.17. The minimum absolute atomic E-state index is 0.0242. The summed E-state index contributed by atoms with van der Waals surface area (Å²) in [5.74, 6) is 0.0484. The summed E-state index contributed by atoms with van der Waals surface area (Å²) in [7, 11) is 0. The second-order valence-electron chi connectivity index (χ2n) is 7.06. The molecule has 0 aromatic heterocycles. The summed E-state index contributed by atoms with van der Waals surface area (Å²) in [4.78, 5) is 28.5. The molecule has 5 heteroatoms. The summed E-state index contributed by atoms with van der Waals surface area (Å²) in [6.45, 7) is 5.90. The molecule has 2 rings (SSSR count). The average molecular weight is 324 g/mol. The van der Waals surface area contributed by atoms with Crippen molar-refractivity contribution in [2.75, 3.05) is 26.3 Å². The highest BCUT2D eigenvalue weighted by molar-refractivity contribution is 5.80. The molecule has 0 aromatic carbocycles. The van der Waals surface area contributed by atoms with Gasteiger partial charge in [0.2, 0.25) is 11.8 Å². The summed E-state index contributed by atoms with van der Waals surface area (Å²) in [5.41, 5.74) is 0. The average Bonchev–Trinajstić information content (AvgIpc) is 2.87. The first-order chi connectivity index (χ1) is 11.1. The number of ether oxygens (including phenoxy) is 1. The highest BCUT2D eigenvalue weighted by atomic mass is 16.5. The standard InChI is InChI=1S/C18H32N2O3/c1-15-9-5-3-7-11-19(15)17(21)13-23-14-18(22)20-12-8-4-6-10-16(20)2/h15-16H,3-14H2,1-2H3/t15-,16+. The summed E-state index contributed by atoms with van der Waals surface area (Å²) in [5, 5.41) is 0. The maximum atomic E-state index is 12.3. The van der Waals surface area contributed by atoms with Crippen LogP contribution in [0.25, 0.3) is 0 Å². The van der Waals surface area contributed by atoms with Crippen LogP contribution in [0.15, 0.2) is 0 Å². The third kappa shape index (κ3) is 5.48.